The SMILES string of the molecule is CC(N)C(=O)NCC(c1ccccc1)N1CCc2sccc2C1. The minimum absolute atomic E-state index is 0.0980. The highest BCUT2D eigenvalue weighted by molar-refractivity contribution is 7.10. The van der Waals surface area contributed by atoms with E-state index in [-0.39, 0.29) is 11.9 Å². The number of fused-ring (bicyclic) bond motifs is 1. The lowest BCUT2D eigenvalue weighted by Gasteiger charge is -2.35. The second-order valence-corrected chi connectivity index (χ2v) is 7.05. The van der Waals surface area contributed by atoms with Crippen molar-refractivity contribution >= 4 is 17.2 Å². The zero-order valence-corrected chi connectivity index (χ0v) is 14.2. The van der Waals surface area contributed by atoms with E-state index in [1.165, 1.54) is 16.0 Å². The second kappa shape index (κ2) is 7.25. The van der Waals surface area contributed by atoms with E-state index >= 15 is 0 Å². The Morgan fingerprint density at radius 2 is 2.13 bits per heavy atom. The number of carbonyl (C=O) groups excluding carboxylic acids is 1. The third-order valence-electron chi connectivity index (χ3n) is 4.35. The monoisotopic (exact) mass is 329 g/mol. The topological polar surface area (TPSA) is 58.4 Å². The number of hydrogen-bond donors (Lipinski definition) is 2. The zero-order valence-electron chi connectivity index (χ0n) is 13.4. The van der Waals surface area contributed by atoms with Crippen LogP contribution in [-0.4, -0.2) is 29.9 Å². The number of amides is 1. The van der Waals surface area contributed by atoms with Crippen molar-refractivity contribution in [3.8, 4) is 0 Å². The number of rotatable bonds is 5. The molecule has 23 heavy (non-hydrogen) atoms. The van der Waals surface area contributed by atoms with Gasteiger partial charge in [0.05, 0.1) is 12.1 Å². The maximum absolute atomic E-state index is 11.9. The fraction of sp³-hybridized carbons (Fsp3) is 0.389. The molecule has 0 fully saturated rings. The summed E-state index contributed by atoms with van der Waals surface area (Å²) in [6.07, 6.45) is 1.08. The third-order valence-corrected chi connectivity index (χ3v) is 5.37. The molecule has 0 bridgehead atoms. The summed E-state index contributed by atoms with van der Waals surface area (Å²) < 4.78 is 0. The first kappa shape index (κ1) is 16.2. The molecule has 1 amide bonds. The van der Waals surface area contributed by atoms with Crippen molar-refractivity contribution < 1.29 is 4.79 Å². The van der Waals surface area contributed by atoms with Gasteiger partial charge < -0.3 is 11.1 Å². The van der Waals surface area contributed by atoms with Gasteiger partial charge in [-0.25, -0.2) is 0 Å². The van der Waals surface area contributed by atoms with Crippen molar-refractivity contribution in [3.05, 3.63) is 57.8 Å². The summed E-state index contributed by atoms with van der Waals surface area (Å²) >= 11 is 1.84. The summed E-state index contributed by atoms with van der Waals surface area (Å²) in [6.45, 7) is 4.25. The molecule has 2 aromatic rings. The summed E-state index contributed by atoms with van der Waals surface area (Å²) in [6, 6.07) is 12.3. The minimum atomic E-state index is -0.476. The molecule has 1 aromatic heterocycles. The molecule has 0 saturated heterocycles. The van der Waals surface area contributed by atoms with Gasteiger partial charge in [0.2, 0.25) is 5.91 Å². The molecule has 3 N–H and O–H groups in total. The number of thiophene rings is 1. The van der Waals surface area contributed by atoms with Gasteiger partial charge in [0.25, 0.3) is 0 Å². The Bertz CT molecular complexity index is 653. The lowest BCUT2D eigenvalue weighted by atomic mass is 10.0. The van der Waals surface area contributed by atoms with Crippen LogP contribution in [0.25, 0.3) is 0 Å². The van der Waals surface area contributed by atoms with Gasteiger partial charge in [-0.2, -0.15) is 0 Å². The van der Waals surface area contributed by atoms with Crippen LogP contribution in [0.2, 0.25) is 0 Å². The molecule has 2 heterocycles. The van der Waals surface area contributed by atoms with Gasteiger partial charge in [-0.1, -0.05) is 30.3 Å². The molecule has 0 spiro atoms. The quantitative estimate of drug-likeness (QED) is 0.885. The Kier molecular flexibility index (Phi) is 5.10. The van der Waals surface area contributed by atoms with E-state index in [0.717, 1.165) is 19.5 Å². The van der Waals surface area contributed by atoms with Gasteiger partial charge in [-0.3, -0.25) is 9.69 Å². The first-order valence-corrected chi connectivity index (χ1v) is 8.90. The number of benzene rings is 1. The summed E-state index contributed by atoms with van der Waals surface area (Å²) in [5.41, 5.74) is 8.31. The number of nitrogens with one attached hydrogen (secondary N) is 1. The van der Waals surface area contributed by atoms with Gasteiger partial charge in [0, 0.05) is 24.5 Å². The summed E-state index contributed by atoms with van der Waals surface area (Å²) in [5, 5.41) is 5.16. The molecule has 1 aromatic carbocycles. The van der Waals surface area contributed by atoms with Crippen LogP contribution in [0, 0.1) is 0 Å². The van der Waals surface area contributed by atoms with Crippen LogP contribution >= 0.6 is 11.3 Å². The van der Waals surface area contributed by atoms with E-state index in [1.54, 1.807) is 6.92 Å². The number of nitrogens with two attached hydrogens (primary N) is 1. The highest BCUT2D eigenvalue weighted by Gasteiger charge is 2.26. The summed E-state index contributed by atoms with van der Waals surface area (Å²) in [5.74, 6) is -0.0980. The summed E-state index contributed by atoms with van der Waals surface area (Å²) in [4.78, 5) is 15.8. The van der Waals surface area contributed by atoms with Crippen LogP contribution in [0.5, 0.6) is 0 Å². The lowest BCUT2D eigenvalue weighted by Crippen LogP contribution is -2.44. The maximum atomic E-state index is 11.9. The van der Waals surface area contributed by atoms with E-state index in [4.69, 9.17) is 5.73 Å². The Labute approximate surface area is 141 Å². The van der Waals surface area contributed by atoms with E-state index in [1.807, 2.05) is 17.4 Å². The summed E-state index contributed by atoms with van der Waals surface area (Å²) in [7, 11) is 0. The molecule has 122 valence electrons. The largest absolute Gasteiger partial charge is 0.353 e. The third kappa shape index (κ3) is 3.80. The van der Waals surface area contributed by atoms with Gasteiger partial charge >= 0.3 is 0 Å². The first-order chi connectivity index (χ1) is 11.1. The molecule has 4 nitrogen and oxygen atoms in total. The van der Waals surface area contributed by atoms with Crippen LogP contribution in [-0.2, 0) is 17.8 Å². The average molecular weight is 329 g/mol. The van der Waals surface area contributed by atoms with Crippen molar-refractivity contribution in [2.75, 3.05) is 13.1 Å². The lowest BCUT2D eigenvalue weighted by molar-refractivity contribution is -0.122. The van der Waals surface area contributed by atoms with Gasteiger partial charge in [-0.05, 0) is 35.9 Å². The molecule has 1 aliphatic rings. The second-order valence-electron chi connectivity index (χ2n) is 6.05. The number of hydrogen-bond acceptors (Lipinski definition) is 4. The first-order valence-electron chi connectivity index (χ1n) is 8.02. The van der Waals surface area contributed by atoms with Crippen molar-refractivity contribution in [3.63, 3.8) is 0 Å². The Morgan fingerprint density at radius 1 is 1.35 bits per heavy atom. The molecule has 0 saturated carbocycles. The van der Waals surface area contributed by atoms with E-state index < -0.39 is 6.04 Å². The van der Waals surface area contributed by atoms with Crippen LogP contribution in [0.4, 0.5) is 0 Å². The van der Waals surface area contributed by atoms with Crippen molar-refractivity contribution in [2.45, 2.75) is 32.0 Å². The molecule has 2 unspecified atom stereocenters. The standard InChI is InChI=1S/C18H23N3OS/c1-13(19)18(22)20-11-16(14-5-3-2-4-6-14)21-9-7-17-15(12-21)8-10-23-17/h2-6,8,10,13,16H,7,9,11-12,19H2,1H3,(H,20,22). The zero-order chi connectivity index (χ0) is 16.2. The van der Waals surface area contributed by atoms with Gasteiger partial charge in [0.15, 0.2) is 0 Å². The molecular weight excluding hydrogens is 306 g/mol. The molecule has 0 aliphatic carbocycles. The number of carbonyl (C=O) groups is 1. The molecule has 2 atom stereocenters. The molecular formula is C18H23N3OS. The predicted octanol–water partition coefficient (Wildman–Crippen LogP) is 2.31. The maximum Gasteiger partial charge on any atom is 0.236 e. The average Bonchev–Trinajstić information content (AvgIpc) is 3.03. The molecule has 3 rings (SSSR count). The van der Waals surface area contributed by atoms with Crippen molar-refractivity contribution in [2.24, 2.45) is 5.73 Å². The fourth-order valence-electron chi connectivity index (χ4n) is 3.03. The highest BCUT2D eigenvalue weighted by Crippen LogP contribution is 2.30. The van der Waals surface area contributed by atoms with Crippen LogP contribution in [0.3, 0.4) is 0 Å². The fourth-order valence-corrected chi connectivity index (χ4v) is 3.92. The van der Waals surface area contributed by atoms with Crippen LogP contribution in [0.15, 0.2) is 41.8 Å². The molecule has 0 radical (unpaired) electrons. The molecule has 1 aliphatic heterocycles. The Hall–Kier alpha value is -1.69. The van der Waals surface area contributed by atoms with E-state index in [0.29, 0.717) is 6.54 Å². The van der Waals surface area contributed by atoms with E-state index in [2.05, 4.69) is 45.9 Å². The van der Waals surface area contributed by atoms with Crippen LogP contribution in [0.1, 0.15) is 29.0 Å². The molecule has 5 heteroatoms. The van der Waals surface area contributed by atoms with Crippen LogP contribution < -0.4 is 11.1 Å². The van der Waals surface area contributed by atoms with Gasteiger partial charge in [0.1, 0.15) is 0 Å². The minimum Gasteiger partial charge on any atom is -0.353 e. The predicted molar refractivity (Wildman–Crippen MR) is 94.3 cm³/mol. The van der Waals surface area contributed by atoms with E-state index in [9.17, 15) is 4.79 Å². The smallest absolute Gasteiger partial charge is 0.236 e. The number of nitrogens with zero attached hydrogens (tertiary/aromatic N) is 1. The van der Waals surface area contributed by atoms with Crippen molar-refractivity contribution in [1.29, 1.82) is 0 Å². The van der Waals surface area contributed by atoms with Crippen molar-refractivity contribution in [1.82, 2.24) is 10.2 Å². The Balaban J connectivity index is 1.77. The normalized spacial score (nSPS) is 17.3. The highest BCUT2D eigenvalue weighted by atomic mass is 32.1. The Morgan fingerprint density at radius 3 is 2.87 bits per heavy atom. The van der Waals surface area contributed by atoms with Gasteiger partial charge in [-0.15, -0.1) is 11.3 Å².